The molecule has 0 radical (unpaired) electrons. The number of aryl methyl sites for hydroxylation is 1. The Morgan fingerprint density at radius 1 is 1.30 bits per heavy atom. The number of rotatable bonds is 4. The fourth-order valence-electron chi connectivity index (χ4n) is 3.46. The lowest BCUT2D eigenvalue weighted by atomic mass is 9.92. The molecular formula is C20H20ClN5O. The summed E-state index contributed by atoms with van der Waals surface area (Å²) < 4.78 is 2.00. The molecule has 0 fully saturated rings. The summed E-state index contributed by atoms with van der Waals surface area (Å²) >= 11 is 6.09. The monoisotopic (exact) mass is 381 g/mol. The molecule has 0 saturated carbocycles. The molecule has 2 heterocycles. The van der Waals surface area contributed by atoms with Crippen LogP contribution in [0.5, 0.6) is 0 Å². The average molecular weight is 382 g/mol. The van der Waals surface area contributed by atoms with Crippen LogP contribution in [0, 0.1) is 6.92 Å². The van der Waals surface area contributed by atoms with Gasteiger partial charge in [0.15, 0.2) is 0 Å². The molecular weight excluding hydrogens is 362 g/mol. The van der Waals surface area contributed by atoms with Crippen molar-refractivity contribution in [2.75, 3.05) is 0 Å². The maximum absolute atomic E-state index is 12.5. The number of aromatic nitrogens is 4. The van der Waals surface area contributed by atoms with Crippen LogP contribution in [0.3, 0.4) is 0 Å². The number of hydrogen-bond acceptors (Lipinski definition) is 4. The fourth-order valence-corrected chi connectivity index (χ4v) is 3.67. The van der Waals surface area contributed by atoms with Crippen molar-refractivity contribution in [2.45, 2.75) is 38.8 Å². The lowest BCUT2D eigenvalue weighted by molar-refractivity contribution is 0.0927. The Morgan fingerprint density at radius 2 is 2.19 bits per heavy atom. The summed E-state index contributed by atoms with van der Waals surface area (Å²) in [7, 11) is 0. The molecule has 27 heavy (non-hydrogen) atoms. The van der Waals surface area contributed by atoms with Gasteiger partial charge in [0.1, 0.15) is 5.69 Å². The van der Waals surface area contributed by atoms with Crippen LogP contribution in [0.2, 0.25) is 5.02 Å². The summed E-state index contributed by atoms with van der Waals surface area (Å²) in [4.78, 5) is 20.8. The van der Waals surface area contributed by atoms with E-state index in [4.69, 9.17) is 11.6 Å². The zero-order valence-corrected chi connectivity index (χ0v) is 15.8. The van der Waals surface area contributed by atoms with Gasteiger partial charge in [-0.2, -0.15) is 5.10 Å². The first-order valence-corrected chi connectivity index (χ1v) is 9.36. The van der Waals surface area contributed by atoms with E-state index in [2.05, 4.69) is 20.4 Å². The van der Waals surface area contributed by atoms with Crippen molar-refractivity contribution < 1.29 is 4.79 Å². The lowest BCUT2D eigenvalue weighted by Crippen LogP contribution is -2.31. The zero-order valence-electron chi connectivity index (χ0n) is 15.0. The number of nitrogens with zero attached hydrogens (tertiary/aromatic N) is 4. The summed E-state index contributed by atoms with van der Waals surface area (Å²) in [5.41, 5.74) is 4.47. The van der Waals surface area contributed by atoms with E-state index < -0.39 is 0 Å². The van der Waals surface area contributed by atoms with E-state index in [1.165, 1.54) is 11.9 Å². The molecule has 0 bridgehead atoms. The summed E-state index contributed by atoms with van der Waals surface area (Å²) in [5, 5.41) is 8.36. The van der Waals surface area contributed by atoms with Gasteiger partial charge < -0.3 is 5.32 Å². The largest absolute Gasteiger partial charge is 0.344 e. The van der Waals surface area contributed by atoms with E-state index >= 15 is 0 Å². The minimum atomic E-state index is -0.206. The topological polar surface area (TPSA) is 72.7 Å². The van der Waals surface area contributed by atoms with Crippen molar-refractivity contribution in [3.8, 4) is 0 Å². The van der Waals surface area contributed by atoms with Crippen LogP contribution in [0.1, 0.15) is 51.9 Å². The van der Waals surface area contributed by atoms with Crippen molar-refractivity contribution in [3.63, 3.8) is 0 Å². The smallest absolute Gasteiger partial charge is 0.271 e. The Kier molecular flexibility index (Phi) is 4.90. The Labute approximate surface area is 162 Å². The molecule has 1 N–H and O–H groups in total. The highest BCUT2D eigenvalue weighted by Gasteiger charge is 2.26. The minimum Gasteiger partial charge on any atom is -0.344 e. The van der Waals surface area contributed by atoms with E-state index in [1.54, 1.807) is 6.20 Å². The van der Waals surface area contributed by atoms with E-state index in [9.17, 15) is 4.79 Å². The molecule has 3 aromatic rings. The first-order valence-electron chi connectivity index (χ1n) is 8.98. The van der Waals surface area contributed by atoms with Gasteiger partial charge in [-0.3, -0.25) is 14.5 Å². The molecule has 0 saturated heterocycles. The maximum atomic E-state index is 12.5. The third-order valence-corrected chi connectivity index (χ3v) is 5.04. The van der Waals surface area contributed by atoms with Gasteiger partial charge in [-0.1, -0.05) is 23.7 Å². The first-order chi connectivity index (χ1) is 13.1. The van der Waals surface area contributed by atoms with E-state index in [-0.39, 0.29) is 11.9 Å². The number of halogens is 1. The Hall–Kier alpha value is -2.73. The first kappa shape index (κ1) is 17.7. The van der Waals surface area contributed by atoms with Crippen LogP contribution in [0.25, 0.3) is 0 Å². The van der Waals surface area contributed by atoms with Gasteiger partial charge in [0.2, 0.25) is 0 Å². The highest BCUT2D eigenvalue weighted by molar-refractivity contribution is 6.30. The average Bonchev–Trinajstić information content (AvgIpc) is 3.06. The molecule has 0 spiro atoms. The van der Waals surface area contributed by atoms with E-state index in [0.29, 0.717) is 12.2 Å². The third-order valence-electron chi connectivity index (χ3n) is 4.80. The second kappa shape index (κ2) is 7.48. The number of fused-ring (bicyclic) bond motifs is 1. The predicted octanol–water partition coefficient (Wildman–Crippen LogP) is 3.49. The van der Waals surface area contributed by atoms with Crippen molar-refractivity contribution >= 4 is 17.5 Å². The number of hydrogen-bond donors (Lipinski definition) is 1. The standard InChI is InChI=1S/C20H20ClN5O/c1-13-9-23-18(11-22-13)20(27)25-17-6-3-7-19-16(17)10-24-26(19)12-14-4-2-5-15(21)8-14/h2,4-5,8-11,17H,3,6-7,12H2,1H3,(H,25,27). The maximum Gasteiger partial charge on any atom is 0.271 e. The van der Waals surface area contributed by atoms with Crippen molar-refractivity contribution in [3.05, 3.63) is 76.1 Å². The van der Waals surface area contributed by atoms with Gasteiger partial charge in [-0.25, -0.2) is 4.98 Å². The van der Waals surface area contributed by atoms with Gasteiger partial charge >= 0.3 is 0 Å². The summed E-state index contributed by atoms with van der Waals surface area (Å²) in [6.45, 7) is 2.51. The van der Waals surface area contributed by atoms with Crippen molar-refractivity contribution in [1.29, 1.82) is 0 Å². The molecule has 1 aliphatic carbocycles. The molecule has 138 valence electrons. The molecule has 0 aliphatic heterocycles. The molecule has 1 unspecified atom stereocenters. The quantitative estimate of drug-likeness (QED) is 0.750. The molecule has 1 aliphatic rings. The predicted molar refractivity (Wildman–Crippen MR) is 103 cm³/mol. The number of amides is 1. The minimum absolute atomic E-state index is 0.0579. The van der Waals surface area contributed by atoms with E-state index in [1.807, 2.05) is 42.1 Å². The Balaban J connectivity index is 1.53. The molecule has 6 nitrogen and oxygen atoms in total. The van der Waals surface area contributed by atoms with Gasteiger partial charge in [0, 0.05) is 22.5 Å². The summed E-state index contributed by atoms with van der Waals surface area (Å²) in [6.07, 6.45) is 7.82. The van der Waals surface area contributed by atoms with Crippen LogP contribution in [0.4, 0.5) is 0 Å². The highest BCUT2D eigenvalue weighted by Crippen LogP contribution is 2.30. The van der Waals surface area contributed by atoms with Crippen LogP contribution in [-0.4, -0.2) is 25.7 Å². The normalized spacial score (nSPS) is 16.0. The summed E-state index contributed by atoms with van der Waals surface area (Å²) in [5.74, 6) is -0.206. The highest BCUT2D eigenvalue weighted by atomic mass is 35.5. The molecule has 1 amide bonds. The van der Waals surface area contributed by atoms with Crippen molar-refractivity contribution in [2.24, 2.45) is 0 Å². The Morgan fingerprint density at radius 3 is 2.96 bits per heavy atom. The fraction of sp³-hybridized carbons (Fsp3) is 0.300. The molecule has 2 aromatic heterocycles. The Bertz CT molecular complexity index is 967. The molecule has 1 atom stereocenters. The number of carbonyl (C=O) groups is 1. The summed E-state index contributed by atoms with van der Waals surface area (Å²) in [6, 6.07) is 7.74. The van der Waals surface area contributed by atoms with Crippen molar-refractivity contribution in [1.82, 2.24) is 25.1 Å². The number of carbonyl (C=O) groups excluding carboxylic acids is 1. The van der Waals surface area contributed by atoms with Gasteiger partial charge in [-0.15, -0.1) is 0 Å². The SMILES string of the molecule is Cc1cnc(C(=O)NC2CCCc3c2cnn3Cc2cccc(Cl)c2)cn1. The molecule has 4 rings (SSSR count). The van der Waals surface area contributed by atoms with Crippen LogP contribution in [-0.2, 0) is 13.0 Å². The molecule has 1 aromatic carbocycles. The number of benzene rings is 1. The second-order valence-corrected chi connectivity index (χ2v) is 7.23. The third kappa shape index (κ3) is 3.85. The van der Waals surface area contributed by atoms with Crippen LogP contribution < -0.4 is 5.32 Å². The van der Waals surface area contributed by atoms with Gasteiger partial charge in [-0.05, 0) is 43.9 Å². The lowest BCUT2D eigenvalue weighted by Gasteiger charge is -2.24. The number of nitrogens with one attached hydrogen (secondary N) is 1. The second-order valence-electron chi connectivity index (χ2n) is 6.80. The van der Waals surface area contributed by atoms with Gasteiger partial charge in [0.05, 0.1) is 30.7 Å². The molecule has 7 heteroatoms. The van der Waals surface area contributed by atoms with Gasteiger partial charge in [0.25, 0.3) is 5.91 Å². The van der Waals surface area contributed by atoms with Crippen LogP contribution in [0.15, 0.2) is 42.9 Å². The zero-order chi connectivity index (χ0) is 18.8. The van der Waals surface area contributed by atoms with Crippen LogP contribution >= 0.6 is 11.6 Å². The van der Waals surface area contributed by atoms with E-state index in [0.717, 1.165) is 41.1 Å².